The predicted molar refractivity (Wildman–Crippen MR) is 141 cm³/mol. The van der Waals surface area contributed by atoms with E-state index in [4.69, 9.17) is 14.2 Å². The molecule has 1 unspecified atom stereocenters. The lowest BCUT2D eigenvalue weighted by atomic mass is 9.95. The number of anilines is 1. The minimum absolute atomic E-state index is 0.364. The van der Waals surface area contributed by atoms with E-state index in [-0.39, 0.29) is 5.97 Å². The largest absolute Gasteiger partial charge is 0.490 e. The summed E-state index contributed by atoms with van der Waals surface area (Å²) in [7, 11) is 0. The molecule has 0 aliphatic carbocycles. The smallest absolute Gasteiger partial charge is 0.338 e. The number of ether oxygens (including phenoxy) is 3. The molecular weight excluding hydrogens is 524 g/mol. The van der Waals surface area contributed by atoms with Crippen LogP contribution in [0.1, 0.15) is 56.3 Å². The molecule has 0 saturated carbocycles. The van der Waals surface area contributed by atoms with Gasteiger partial charge in [-0.3, -0.25) is 0 Å². The zero-order valence-electron chi connectivity index (χ0n) is 21.0. The third kappa shape index (κ3) is 5.56. The third-order valence-electron chi connectivity index (χ3n) is 5.90. The average molecular weight is 555 g/mol. The van der Waals surface area contributed by atoms with Gasteiger partial charge in [-0.2, -0.15) is 10.1 Å². The zero-order chi connectivity index (χ0) is 25.7. The second-order valence-electron chi connectivity index (χ2n) is 8.62. The van der Waals surface area contributed by atoms with Gasteiger partial charge < -0.3 is 19.5 Å². The normalized spacial score (nSPS) is 14.8. The lowest BCUT2D eigenvalue weighted by Crippen LogP contribution is -2.30. The van der Waals surface area contributed by atoms with Crippen LogP contribution in [0.4, 0.5) is 5.95 Å². The average Bonchev–Trinajstić information content (AvgIpc) is 3.32. The van der Waals surface area contributed by atoms with Gasteiger partial charge in [0.1, 0.15) is 19.0 Å². The standard InChI is InChI=1S/C27H31BrN4O4/c1-5-7-12-35-26(33)23-18(4)31-27-29-16-30-32(27)24(23)20-13-21(28)25(22(14-20)34-6-2)36-15-19-10-8-17(3)9-11-19/h8-11,13-14,16,24H,5-7,12,15H2,1-4H3,(H,29,30,31). The number of aromatic nitrogens is 3. The summed E-state index contributed by atoms with van der Waals surface area (Å²) >= 11 is 3.68. The SMILES string of the molecule is CCCCOC(=O)C1=C(C)Nc2ncnn2C1c1cc(Br)c(OCc2ccc(C)cc2)c(OCC)c1. The molecular formula is C27H31BrN4O4. The molecule has 9 heteroatoms. The second kappa shape index (κ2) is 11.6. The quantitative estimate of drug-likeness (QED) is 0.244. The van der Waals surface area contributed by atoms with E-state index in [1.54, 1.807) is 4.68 Å². The number of hydrogen-bond donors (Lipinski definition) is 1. The molecule has 0 bridgehead atoms. The summed E-state index contributed by atoms with van der Waals surface area (Å²) in [6.45, 7) is 9.09. The summed E-state index contributed by atoms with van der Waals surface area (Å²) in [4.78, 5) is 17.5. The number of esters is 1. The first-order valence-corrected chi connectivity index (χ1v) is 12.9. The van der Waals surface area contributed by atoms with E-state index in [0.29, 0.717) is 53.0 Å². The van der Waals surface area contributed by atoms with Gasteiger partial charge in [0, 0.05) is 5.70 Å². The maximum Gasteiger partial charge on any atom is 0.338 e. The van der Waals surface area contributed by atoms with Crippen LogP contribution in [0.25, 0.3) is 0 Å². The Balaban J connectivity index is 1.71. The van der Waals surface area contributed by atoms with Crippen molar-refractivity contribution in [3.05, 3.63) is 75.2 Å². The van der Waals surface area contributed by atoms with E-state index in [0.717, 1.165) is 24.0 Å². The minimum Gasteiger partial charge on any atom is -0.490 e. The van der Waals surface area contributed by atoms with Gasteiger partial charge in [0.05, 0.1) is 23.3 Å². The van der Waals surface area contributed by atoms with Crippen LogP contribution < -0.4 is 14.8 Å². The summed E-state index contributed by atoms with van der Waals surface area (Å²) in [5, 5.41) is 7.57. The Bertz CT molecular complexity index is 1250. The number of aryl methyl sites for hydroxylation is 1. The number of fused-ring (bicyclic) bond motifs is 1. The Kier molecular flexibility index (Phi) is 8.30. The summed E-state index contributed by atoms with van der Waals surface area (Å²) in [6, 6.07) is 11.5. The molecule has 0 spiro atoms. The number of carbonyl (C=O) groups excluding carboxylic acids is 1. The first kappa shape index (κ1) is 25.8. The van der Waals surface area contributed by atoms with Gasteiger partial charge in [0.15, 0.2) is 11.5 Å². The van der Waals surface area contributed by atoms with Crippen LogP contribution in [0.5, 0.6) is 11.5 Å². The Labute approximate surface area is 219 Å². The number of nitrogens with one attached hydrogen (secondary N) is 1. The van der Waals surface area contributed by atoms with Crippen molar-refractivity contribution in [1.29, 1.82) is 0 Å². The number of nitrogens with zero attached hydrogens (tertiary/aromatic N) is 3. The van der Waals surface area contributed by atoms with Gasteiger partial charge in [-0.05, 0) is 66.4 Å². The van der Waals surface area contributed by atoms with Crippen LogP contribution in [0.15, 0.2) is 58.5 Å². The fourth-order valence-electron chi connectivity index (χ4n) is 4.04. The molecule has 0 radical (unpaired) electrons. The minimum atomic E-state index is -0.542. The molecule has 190 valence electrons. The van der Waals surface area contributed by atoms with Crippen LogP contribution in [-0.2, 0) is 16.1 Å². The molecule has 1 aliphatic heterocycles. The number of hydrogen-bond acceptors (Lipinski definition) is 7. The lowest BCUT2D eigenvalue weighted by molar-refractivity contribution is -0.139. The topological polar surface area (TPSA) is 87.5 Å². The molecule has 1 aromatic heterocycles. The fourth-order valence-corrected chi connectivity index (χ4v) is 4.61. The lowest BCUT2D eigenvalue weighted by Gasteiger charge is -2.29. The van der Waals surface area contributed by atoms with Crippen molar-refractivity contribution in [2.75, 3.05) is 18.5 Å². The van der Waals surface area contributed by atoms with Crippen LogP contribution >= 0.6 is 15.9 Å². The number of carbonyl (C=O) groups is 1. The highest BCUT2D eigenvalue weighted by Crippen LogP contribution is 2.43. The number of halogens is 1. The summed E-state index contributed by atoms with van der Waals surface area (Å²) < 4.78 is 20.2. The van der Waals surface area contributed by atoms with Crippen molar-refractivity contribution in [3.8, 4) is 11.5 Å². The third-order valence-corrected chi connectivity index (χ3v) is 6.49. The maximum absolute atomic E-state index is 13.2. The molecule has 3 aromatic rings. The Morgan fingerprint density at radius 1 is 1.14 bits per heavy atom. The van der Waals surface area contributed by atoms with E-state index in [9.17, 15) is 4.79 Å². The summed E-state index contributed by atoms with van der Waals surface area (Å²) in [6.07, 6.45) is 3.21. The van der Waals surface area contributed by atoms with Gasteiger partial charge in [-0.15, -0.1) is 0 Å². The van der Waals surface area contributed by atoms with E-state index in [2.05, 4.69) is 57.3 Å². The van der Waals surface area contributed by atoms with Crippen LogP contribution in [0.2, 0.25) is 0 Å². The molecule has 0 amide bonds. The van der Waals surface area contributed by atoms with E-state index < -0.39 is 6.04 Å². The van der Waals surface area contributed by atoms with Gasteiger partial charge in [0.2, 0.25) is 5.95 Å². The van der Waals surface area contributed by atoms with Crippen LogP contribution in [-0.4, -0.2) is 33.9 Å². The van der Waals surface area contributed by atoms with Crippen molar-refractivity contribution in [1.82, 2.24) is 14.8 Å². The number of allylic oxidation sites excluding steroid dienone is 1. The molecule has 4 rings (SSSR count). The van der Waals surface area contributed by atoms with Crippen molar-refractivity contribution in [2.24, 2.45) is 0 Å². The molecule has 8 nitrogen and oxygen atoms in total. The monoisotopic (exact) mass is 554 g/mol. The van der Waals surface area contributed by atoms with E-state index in [1.165, 1.54) is 11.9 Å². The molecule has 0 fully saturated rings. The Morgan fingerprint density at radius 2 is 1.92 bits per heavy atom. The van der Waals surface area contributed by atoms with Crippen molar-refractivity contribution in [3.63, 3.8) is 0 Å². The molecule has 1 aliphatic rings. The molecule has 0 saturated heterocycles. The summed E-state index contributed by atoms with van der Waals surface area (Å²) in [5.74, 6) is 1.34. The molecule has 2 heterocycles. The Hall–Kier alpha value is -3.33. The number of benzene rings is 2. The Morgan fingerprint density at radius 3 is 2.64 bits per heavy atom. The van der Waals surface area contributed by atoms with Crippen molar-refractivity contribution < 1.29 is 19.0 Å². The zero-order valence-corrected chi connectivity index (χ0v) is 22.6. The molecule has 2 aromatic carbocycles. The predicted octanol–water partition coefficient (Wildman–Crippen LogP) is 5.96. The maximum atomic E-state index is 13.2. The van der Waals surface area contributed by atoms with Crippen LogP contribution in [0, 0.1) is 6.92 Å². The highest BCUT2D eigenvalue weighted by Gasteiger charge is 2.35. The first-order valence-electron chi connectivity index (χ1n) is 12.1. The van der Waals surface area contributed by atoms with Gasteiger partial charge in [0.25, 0.3) is 0 Å². The second-order valence-corrected chi connectivity index (χ2v) is 9.48. The molecule has 36 heavy (non-hydrogen) atoms. The first-order chi connectivity index (χ1) is 17.4. The highest BCUT2D eigenvalue weighted by molar-refractivity contribution is 9.10. The van der Waals surface area contributed by atoms with E-state index >= 15 is 0 Å². The fraction of sp³-hybridized carbons (Fsp3) is 0.370. The van der Waals surface area contributed by atoms with E-state index in [1.807, 2.05) is 38.1 Å². The van der Waals surface area contributed by atoms with Gasteiger partial charge >= 0.3 is 5.97 Å². The van der Waals surface area contributed by atoms with Gasteiger partial charge in [-0.25, -0.2) is 9.48 Å². The number of unbranched alkanes of at least 4 members (excludes halogenated alkanes) is 1. The summed E-state index contributed by atoms with van der Waals surface area (Å²) in [5.41, 5.74) is 4.20. The van der Waals surface area contributed by atoms with Crippen LogP contribution in [0.3, 0.4) is 0 Å². The van der Waals surface area contributed by atoms with Gasteiger partial charge in [-0.1, -0.05) is 43.2 Å². The van der Waals surface area contributed by atoms with Crippen molar-refractivity contribution >= 4 is 27.8 Å². The highest BCUT2D eigenvalue weighted by atomic mass is 79.9. The molecule has 1 atom stereocenters. The number of rotatable bonds is 10. The molecule has 1 N–H and O–H groups in total. The van der Waals surface area contributed by atoms with Crippen molar-refractivity contribution in [2.45, 2.75) is 53.2 Å².